The van der Waals surface area contributed by atoms with E-state index < -0.39 is 41.4 Å². The zero-order valence-corrected chi connectivity index (χ0v) is 21.4. The van der Waals surface area contributed by atoms with Crippen LogP contribution in [0.1, 0.15) is 68.9 Å². The zero-order chi connectivity index (χ0) is 28.2. The Kier molecular flexibility index (Phi) is 6.63. The molecule has 0 amide bonds. The molecular formula is C31H28F5NO2. The number of ketones is 1. The van der Waals surface area contributed by atoms with Crippen molar-refractivity contribution in [3.8, 4) is 17.9 Å². The first-order valence-corrected chi connectivity index (χ1v) is 13.1. The maximum absolute atomic E-state index is 15.1. The Balaban J connectivity index is 1.63. The van der Waals surface area contributed by atoms with Crippen LogP contribution in [-0.4, -0.2) is 28.6 Å². The molecule has 204 valence electrons. The third-order valence-corrected chi connectivity index (χ3v) is 9.53. The third-order valence-electron chi connectivity index (χ3n) is 9.53. The molecule has 8 heteroatoms. The average Bonchev–Trinajstić information content (AvgIpc) is 3.17. The fourth-order valence-electron chi connectivity index (χ4n) is 7.72. The number of nitrogens with zero attached hydrogens (tertiary/aromatic N) is 1. The number of aliphatic hydroxyl groups is 1. The van der Waals surface area contributed by atoms with Crippen LogP contribution in [0, 0.1) is 40.4 Å². The van der Waals surface area contributed by atoms with E-state index in [1.54, 1.807) is 30.3 Å². The summed E-state index contributed by atoms with van der Waals surface area (Å²) in [5.74, 6) is -0.863. The van der Waals surface area contributed by atoms with E-state index in [0.717, 1.165) is 22.3 Å². The molecule has 3 nitrogen and oxygen atoms in total. The van der Waals surface area contributed by atoms with Crippen molar-refractivity contribution in [2.45, 2.75) is 75.5 Å². The molecule has 0 saturated heterocycles. The number of hydrogen-bond donors (Lipinski definition) is 1. The quantitative estimate of drug-likeness (QED) is 0.251. The molecule has 0 radical (unpaired) electrons. The summed E-state index contributed by atoms with van der Waals surface area (Å²) in [6.07, 6.45) is -0.209. The van der Waals surface area contributed by atoms with Crippen LogP contribution in [0.4, 0.5) is 22.0 Å². The first kappa shape index (κ1) is 27.3. The highest BCUT2D eigenvalue weighted by molar-refractivity contribution is 5.93. The van der Waals surface area contributed by atoms with Gasteiger partial charge in [-0.25, -0.2) is 0 Å². The van der Waals surface area contributed by atoms with Gasteiger partial charge in [0.05, 0.1) is 6.07 Å². The summed E-state index contributed by atoms with van der Waals surface area (Å²) in [4.78, 5) is 12.2. The van der Waals surface area contributed by atoms with Crippen LogP contribution >= 0.6 is 0 Å². The molecule has 4 aliphatic carbocycles. The summed E-state index contributed by atoms with van der Waals surface area (Å²) in [5, 5.41) is 19.9. The van der Waals surface area contributed by atoms with Crippen LogP contribution in [-0.2, 0) is 4.79 Å². The summed E-state index contributed by atoms with van der Waals surface area (Å²) in [7, 11) is 0. The van der Waals surface area contributed by atoms with E-state index in [9.17, 15) is 23.1 Å². The van der Waals surface area contributed by atoms with Gasteiger partial charge in [0.15, 0.2) is 5.78 Å². The second-order valence-corrected chi connectivity index (χ2v) is 11.3. The van der Waals surface area contributed by atoms with Crippen molar-refractivity contribution >= 4 is 5.78 Å². The van der Waals surface area contributed by atoms with Crippen LogP contribution in [0.3, 0.4) is 0 Å². The number of hydrogen-bond acceptors (Lipinski definition) is 3. The van der Waals surface area contributed by atoms with E-state index in [2.05, 4.69) is 11.8 Å². The maximum atomic E-state index is 15.1. The second kappa shape index (κ2) is 9.45. The maximum Gasteiger partial charge on any atom is 0.456 e. The number of carbonyl (C=O) groups is 1. The minimum absolute atomic E-state index is 0.0402. The minimum atomic E-state index is -5.87. The van der Waals surface area contributed by atoms with Crippen molar-refractivity contribution in [3.05, 3.63) is 70.3 Å². The molecule has 0 aliphatic heterocycles. The second-order valence-electron chi connectivity index (χ2n) is 11.3. The standard InChI is InChI=1S/C31H28F5NO2/c1-28-18-25(20-8-6-19(7-9-20)5-3-2-4-16-37)27-23-13-11-22(38)17-21(23)10-12-24(27)26(28)14-15-29(28,39)30(32,33)31(34,35)36/h2,4,6-9,17,24-26,39H,10-15,18H2,1H3/b4-2+/t24-,25+,26-,28-,29-/m0/s1. The Bertz CT molecular complexity index is 1380. The van der Waals surface area contributed by atoms with Crippen LogP contribution in [0.2, 0.25) is 0 Å². The summed E-state index contributed by atoms with van der Waals surface area (Å²) >= 11 is 0. The monoisotopic (exact) mass is 541 g/mol. The number of alkyl halides is 5. The van der Waals surface area contributed by atoms with Gasteiger partial charge in [0.25, 0.3) is 0 Å². The molecule has 4 aliphatic rings. The summed E-state index contributed by atoms with van der Waals surface area (Å²) in [5.41, 5.74) is -0.510. The lowest BCUT2D eigenvalue weighted by molar-refractivity contribution is -0.362. The number of nitriles is 1. The average molecular weight is 542 g/mol. The van der Waals surface area contributed by atoms with Gasteiger partial charge in [-0.3, -0.25) is 4.79 Å². The first-order chi connectivity index (χ1) is 18.3. The lowest BCUT2D eigenvalue weighted by atomic mass is 9.50. The minimum Gasteiger partial charge on any atom is -0.383 e. The highest BCUT2D eigenvalue weighted by atomic mass is 19.4. The van der Waals surface area contributed by atoms with Gasteiger partial charge < -0.3 is 5.11 Å². The Morgan fingerprint density at radius 3 is 2.44 bits per heavy atom. The van der Waals surface area contributed by atoms with Crippen LogP contribution in [0.25, 0.3) is 0 Å². The molecule has 5 rings (SSSR count). The van der Waals surface area contributed by atoms with E-state index in [-0.39, 0.29) is 24.5 Å². The van der Waals surface area contributed by atoms with Gasteiger partial charge in [-0.2, -0.15) is 27.2 Å². The predicted octanol–water partition coefficient (Wildman–Crippen LogP) is 6.95. The van der Waals surface area contributed by atoms with Crippen molar-refractivity contribution in [1.82, 2.24) is 0 Å². The van der Waals surface area contributed by atoms with Crippen LogP contribution in [0.5, 0.6) is 0 Å². The van der Waals surface area contributed by atoms with E-state index in [4.69, 9.17) is 5.26 Å². The molecule has 2 saturated carbocycles. The lowest BCUT2D eigenvalue weighted by Crippen LogP contribution is -2.65. The van der Waals surface area contributed by atoms with Crippen molar-refractivity contribution in [2.75, 3.05) is 0 Å². The van der Waals surface area contributed by atoms with Crippen LogP contribution < -0.4 is 0 Å². The summed E-state index contributed by atoms with van der Waals surface area (Å²) in [6, 6.07) is 8.97. The van der Waals surface area contributed by atoms with Crippen molar-refractivity contribution < 1.29 is 31.9 Å². The number of fused-ring (bicyclic) bond motifs is 4. The molecule has 39 heavy (non-hydrogen) atoms. The molecular weight excluding hydrogens is 513 g/mol. The van der Waals surface area contributed by atoms with E-state index in [0.29, 0.717) is 31.2 Å². The van der Waals surface area contributed by atoms with Gasteiger partial charge in [0.2, 0.25) is 0 Å². The lowest BCUT2D eigenvalue weighted by Gasteiger charge is -2.56. The number of rotatable bonds is 2. The molecule has 0 spiro atoms. The molecule has 0 heterocycles. The van der Waals surface area contributed by atoms with Crippen molar-refractivity contribution in [2.24, 2.45) is 17.3 Å². The third kappa shape index (κ3) is 4.16. The van der Waals surface area contributed by atoms with E-state index in [1.165, 1.54) is 19.1 Å². The molecule has 5 atom stereocenters. The van der Waals surface area contributed by atoms with Crippen LogP contribution in [0.15, 0.2) is 59.2 Å². The zero-order valence-electron chi connectivity index (χ0n) is 21.4. The Hall–Kier alpha value is -3.23. The predicted molar refractivity (Wildman–Crippen MR) is 134 cm³/mol. The van der Waals surface area contributed by atoms with Gasteiger partial charge in [0, 0.05) is 29.4 Å². The summed E-state index contributed by atoms with van der Waals surface area (Å²) < 4.78 is 71.1. The van der Waals surface area contributed by atoms with E-state index in [1.807, 2.05) is 6.07 Å². The van der Waals surface area contributed by atoms with Crippen molar-refractivity contribution in [1.29, 1.82) is 5.26 Å². The van der Waals surface area contributed by atoms with Gasteiger partial charge in [-0.1, -0.05) is 36.5 Å². The molecule has 2 fully saturated rings. The summed E-state index contributed by atoms with van der Waals surface area (Å²) in [6.45, 7) is 1.41. The van der Waals surface area contributed by atoms with Gasteiger partial charge in [0.1, 0.15) is 5.60 Å². The van der Waals surface area contributed by atoms with Gasteiger partial charge in [-0.15, -0.1) is 0 Å². The SMILES string of the molecule is C[C@]12C[C@H](c3ccc(C#C/C=C/C#N)cc3)C3=C4CCC(=O)C=C4CC[C@H]3[C@@H]1CC[C@@]2(O)C(F)(F)C(F)(F)F. The molecule has 0 aromatic heterocycles. The molecule has 0 bridgehead atoms. The highest BCUT2D eigenvalue weighted by Gasteiger charge is 2.79. The molecule has 0 unspecified atom stereocenters. The first-order valence-electron chi connectivity index (χ1n) is 13.1. The smallest absolute Gasteiger partial charge is 0.383 e. The van der Waals surface area contributed by atoms with Gasteiger partial charge in [-0.05, 0) is 91.4 Å². The van der Waals surface area contributed by atoms with E-state index >= 15 is 8.78 Å². The molecule has 1 N–H and O–H groups in total. The number of halogens is 5. The number of carbonyl (C=O) groups excluding carboxylic acids is 1. The molecule has 1 aromatic carbocycles. The Labute approximate surface area is 224 Å². The van der Waals surface area contributed by atoms with Gasteiger partial charge >= 0.3 is 12.1 Å². The normalized spacial score (nSPS) is 32.5. The largest absolute Gasteiger partial charge is 0.456 e. The Morgan fingerprint density at radius 1 is 1.05 bits per heavy atom. The molecule has 1 aromatic rings. The number of allylic oxidation sites excluding steroid dienone is 6. The topological polar surface area (TPSA) is 61.1 Å². The van der Waals surface area contributed by atoms with Crippen molar-refractivity contribution in [3.63, 3.8) is 0 Å². The fourth-order valence-corrected chi connectivity index (χ4v) is 7.72. The fraction of sp³-hybridized carbons (Fsp3) is 0.484. The highest BCUT2D eigenvalue weighted by Crippen LogP contribution is 2.70. The Morgan fingerprint density at radius 2 is 1.77 bits per heavy atom. The number of benzene rings is 1.